The zero-order valence-corrected chi connectivity index (χ0v) is 21.6. The monoisotopic (exact) mass is 504 g/mol. The highest BCUT2D eigenvalue weighted by molar-refractivity contribution is 6.46. The fourth-order valence-electron chi connectivity index (χ4n) is 4.34. The van der Waals surface area contributed by atoms with Crippen molar-refractivity contribution in [1.82, 2.24) is 4.90 Å². The minimum atomic E-state index is -0.822. The highest BCUT2D eigenvalue weighted by Gasteiger charge is 2.44. The Hall–Kier alpha value is -3.64. The molecule has 1 N–H and O–H groups in total. The van der Waals surface area contributed by atoms with Gasteiger partial charge < -0.3 is 14.7 Å². The summed E-state index contributed by atoms with van der Waals surface area (Å²) >= 11 is 6.32. The third-order valence-corrected chi connectivity index (χ3v) is 6.54. The molecule has 1 fully saturated rings. The van der Waals surface area contributed by atoms with E-state index >= 15 is 0 Å². The first-order chi connectivity index (χ1) is 17.1. The Morgan fingerprint density at radius 1 is 1.11 bits per heavy atom. The van der Waals surface area contributed by atoms with Crippen LogP contribution in [0.5, 0.6) is 5.75 Å². The number of amides is 1. The van der Waals surface area contributed by atoms with E-state index in [-0.39, 0.29) is 28.1 Å². The summed E-state index contributed by atoms with van der Waals surface area (Å²) < 4.78 is 5.47. The Bertz CT molecular complexity index is 1310. The van der Waals surface area contributed by atoms with Gasteiger partial charge in [0.05, 0.1) is 24.2 Å². The fourth-order valence-corrected chi connectivity index (χ4v) is 4.58. The fraction of sp³-hybridized carbons (Fsp3) is 0.276. The van der Waals surface area contributed by atoms with Crippen LogP contribution in [0.1, 0.15) is 56.0 Å². The number of pyridine rings is 1. The van der Waals surface area contributed by atoms with Crippen LogP contribution in [0.15, 0.2) is 72.6 Å². The molecule has 0 spiro atoms. The molecule has 1 atom stereocenters. The summed E-state index contributed by atoms with van der Waals surface area (Å²) in [5, 5.41) is 14.0. The molecule has 186 valence electrons. The van der Waals surface area contributed by atoms with E-state index in [9.17, 15) is 14.7 Å². The number of aromatic amines is 1. The topological polar surface area (TPSA) is 83.8 Å². The Labute approximate surface area is 216 Å². The molecule has 0 aliphatic carbocycles. The van der Waals surface area contributed by atoms with Crippen molar-refractivity contribution in [1.29, 1.82) is 0 Å². The minimum absolute atomic E-state index is 0.0686. The number of hydrogen-bond acceptors (Lipinski definition) is 4. The molecule has 2 aromatic carbocycles. The van der Waals surface area contributed by atoms with Crippen molar-refractivity contribution in [3.05, 3.63) is 99.8 Å². The van der Waals surface area contributed by atoms with Crippen LogP contribution < -0.4 is 14.8 Å². The number of ether oxygens (including phenoxy) is 1. The number of carbonyl (C=O) groups is 2. The zero-order chi connectivity index (χ0) is 26.0. The van der Waals surface area contributed by atoms with Gasteiger partial charge in [0.2, 0.25) is 5.78 Å². The van der Waals surface area contributed by atoms with Crippen LogP contribution in [-0.4, -0.2) is 23.2 Å². The molecular formula is C29H29ClN2O4. The van der Waals surface area contributed by atoms with Crippen LogP contribution in [0, 0.1) is 0 Å². The van der Waals surface area contributed by atoms with Crippen molar-refractivity contribution in [2.45, 2.75) is 45.7 Å². The number of Topliss-reactive ketones (excluding diaryl/α,β-unsaturated/α-hetero) is 1. The summed E-state index contributed by atoms with van der Waals surface area (Å²) in [7, 11) is 0. The Kier molecular flexibility index (Phi) is 7.18. The molecule has 1 amide bonds. The Morgan fingerprint density at radius 2 is 1.83 bits per heavy atom. The van der Waals surface area contributed by atoms with E-state index in [0.717, 1.165) is 11.1 Å². The Morgan fingerprint density at radius 3 is 2.42 bits per heavy atom. The summed E-state index contributed by atoms with van der Waals surface area (Å²) in [5.74, 6) is -1.57. The van der Waals surface area contributed by atoms with Crippen LogP contribution in [0.4, 0.5) is 0 Å². The second kappa shape index (κ2) is 10.2. The molecule has 1 aliphatic heterocycles. The minimum Gasteiger partial charge on any atom is -0.872 e. The van der Waals surface area contributed by atoms with E-state index in [1.54, 1.807) is 24.5 Å². The number of rotatable bonds is 6. The van der Waals surface area contributed by atoms with Crippen molar-refractivity contribution in [2.75, 3.05) is 6.61 Å². The average Bonchev–Trinajstić information content (AvgIpc) is 3.10. The first-order valence-electron chi connectivity index (χ1n) is 11.9. The van der Waals surface area contributed by atoms with Gasteiger partial charge in [-0.2, -0.15) is 0 Å². The number of H-pyrrole nitrogens is 1. The molecule has 1 unspecified atom stereocenters. The van der Waals surface area contributed by atoms with Gasteiger partial charge in [0, 0.05) is 17.2 Å². The lowest BCUT2D eigenvalue weighted by molar-refractivity contribution is -0.378. The summed E-state index contributed by atoms with van der Waals surface area (Å²) in [6.45, 7) is 8.77. The summed E-state index contributed by atoms with van der Waals surface area (Å²) in [6.07, 6.45) is 3.53. The van der Waals surface area contributed by atoms with Crippen molar-refractivity contribution in [3.63, 3.8) is 0 Å². The third-order valence-electron chi connectivity index (χ3n) is 6.24. The van der Waals surface area contributed by atoms with Gasteiger partial charge in [0.1, 0.15) is 5.75 Å². The second-order valence-corrected chi connectivity index (χ2v) is 10.2. The normalized spacial score (nSPS) is 17.5. The van der Waals surface area contributed by atoms with Gasteiger partial charge in [-0.05, 0) is 47.2 Å². The number of halogens is 1. The lowest BCUT2D eigenvalue weighted by Gasteiger charge is -2.28. The van der Waals surface area contributed by atoms with Crippen LogP contribution in [0.25, 0.3) is 5.76 Å². The van der Waals surface area contributed by atoms with E-state index in [4.69, 9.17) is 16.3 Å². The van der Waals surface area contributed by atoms with Gasteiger partial charge in [-0.1, -0.05) is 68.5 Å². The number of nitrogens with one attached hydrogen (secondary N) is 1. The highest BCUT2D eigenvalue weighted by atomic mass is 35.5. The third kappa shape index (κ3) is 5.00. The van der Waals surface area contributed by atoms with Crippen molar-refractivity contribution >= 4 is 29.1 Å². The molecule has 0 bridgehead atoms. The smallest absolute Gasteiger partial charge is 0.295 e. The number of carbonyl (C=O) groups excluding carboxylic acids is 2. The van der Waals surface area contributed by atoms with Gasteiger partial charge in [0.15, 0.2) is 12.4 Å². The van der Waals surface area contributed by atoms with E-state index in [1.807, 2.05) is 43.3 Å². The maximum atomic E-state index is 13.7. The number of likely N-dealkylation sites (tertiary alicyclic amines) is 1. The lowest BCUT2D eigenvalue weighted by atomic mass is 9.85. The number of ketones is 1. The first kappa shape index (κ1) is 25.5. The molecule has 6 nitrogen and oxygen atoms in total. The molecule has 36 heavy (non-hydrogen) atoms. The molecule has 0 radical (unpaired) electrons. The summed E-state index contributed by atoms with van der Waals surface area (Å²) in [6, 6.07) is 15.2. The van der Waals surface area contributed by atoms with Crippen LogP contribution in [0.3, 0.4) is 0 Å². The maximum Gasteiger partial charge on any atom is 0.295 e. The van der Waals surface area contributed by atoms with Crippen molar-refractivity contribution in [3.8, 4) is 5.75 Å². The lowest BCUT2D eigenvalue weighted by Crippen LogP contribution is -2.29. The van der Waals surface area contributed by atoms with E-state index < -0.39 is 23.5 Å². The van der Waals surface area contributed by atoms with Gasteiger partial charge in [0.25, 0.3) is 5.91 Å². The molecule has 3 aromatic rings. The number of hydrogen-bond donors (Lipinski definition) is 0. The van der Waals surface area contributed by atoms with Crippen molar-refractivity contribution < 1.29 is 24.4 Å². The zero-order valence-electron chi connectivity index (χ0n) is 20.8. The molecule has 1 aromatic heterocycles. The highest BCUT2D eigenvalue weighted by Crippen LogP contribution is 2.41. The molecule has 1 saturated heterocycles. The van der Waals surface area contributed by atoms with Gasteiger partial charge in [-0.15, -0.1) is 0 Å². The SMILES string of the molecule is CCOc1ccc(C([O-])=C2C(=O)C(=O)N(Cc3ccc[nH+]c3)C2c2ccc(C(C)(C)C)cc2)cc1Cl. The van der Waals surface area contributed by atoms with Crippen molar-refractivity contribution in [2.24, 2.45) is 0 Å². The van der Waals surface area contributed by atoms with Crippen LogP contribution >= 0.6 is 11.6 Å². The van der Waals surface area contributed by atoms with Crippen LogP contribution in [-0.2, 0) is 21.5 Å². The predicted molar refractivity (Wildman–Crippen MR) is 136 cm³/mol. The number of aromatic nitrogens is 1. The predicted octanol–water partition coefficient (Wildman–Crippen LogP) is 4.27. The second-order valence-electron chi connectivity index (χ2n) is 9.77. The maximum absolute atomic E-state index is 13.7. The molecular weight excluding hydrogens is 476 g/mol. The first-order valence-corrected chi connectivity index (χ1v) is 12.2. The van der Waals surface area contributed by atoms with Gasteiger partial charge >= 0.3 is 0 Å². The van der Waals surface area contributed by atoms with E-state index in [1.165, 1.54) is 11.0 Å². The molecule has 1 aliphatic rings. The summed E-state index contributed by atoms with van der Waals surface area (Å²) in [4.78, 5) is 30.9. The quantitative estimate of drug-likeness (QED) is 0.285. The molecule has 7 heteroatoms. The average molecular weight is 505 g/mol. The number of nitrogens with zero attached hydrogens (tertiary/aromatic N) is 1. The molecule has 4 rings (SSSR count). The number of benzene rings is 2. The summed E-state index contributed by atoms with van der Waals surface area (Å²) in [5.41, 5.74) is 2.70. The Balaban J connectivity index is 1.84. The van der Waals surface area contributed by atoms with Gasteiger partial charge in [-0.25, -0.2) is 4.98 Å². The largest absolute Gasteiger partial charge is 0.872 e. The standard InChI is InChI=1S/C29H29ClN2O4/c1-5-36-23-13-10-20(15-22(23)30)26(33)24-25(19-8-11-21(12-9-19)29(2,3)4)32(28(35)27(24)34)17-18-7-6-14-31-16-18/h6-16,25,33H,5,17H2,1-4H3. The molecule has 0 saturated carbocycles. The van der Waals surface area contributed by atoms with Crippen LogP contribution in [0.2, 0.25) is 5.02 Å². The van der Waals surface area contributed by atoms with Gasteiger partial charge in [-0.3, -0.25) is 9.59 Å². The van der Waals surface area contributed by atoms with E-state index in [0.29, 0.717) is 17.9 Å². The molecule has 2 heterocycles. The van der Waals surface area contributed by atoms with E-state index in [2.05, 4.69) is 25.8 Å².